The number of hydrogen-bond donors (Lipinski definition) is 1. The third kappa shape index (κ3) is 5.25. The molecule has 1 unspecified atom stereocenters. The van der Waals surface area contributed by atoms with Crippen molar-refractivity contribution < 1.29 is 13.9 Å². The topological polar surface area (TPSA) is 72.5 Å². The van der Waals surface area contributed by atoms with Crippen LogP contribution in [0.5, 0.6) is 5.75 Å². The van der Waals surface area contributed by atoms with Gasteiger partial charge in [0.1, 0.15) is 5.75 Å². The molecule has 1 aromatic carbocycles. The van der Waals surface area contributed by atoms with Crippen LogP contribution in [0.4, 0.5) is 0 Å². The number of aromatic nitrogens is 2. The molecule has 1 aromatic heterocycles. The minimum Gasteiger partial charge on any atom is -0.496 e. The lowest BCUT2D eigenvalue weighted by Gasteiger charge is -2.31. The van der Waals surface area contributed by atoms with Gasteiger partial charge in [0.2, 0.25) is 5.91 Å². The van der Waals surface area contributed by atoms with Crippen LogP contribution in [0.2, 0.25) is 0 Å². The smallest absolute Gasteiger partial charge is 0.288 e. The van der Waals surface area contributed by atoms with Crippen molar-refractivity contribution >= 4 is 18.1 Å². The van der Waals surface area contributed by atoms with Gasteiger partial charge in [0.25, 0.3) is 10.7 Å². The van der Waals surface area contributed by atoms with Gasteiger partial charge in [-0.1, -0.05) is 26.0 Å². The largest absolute Gasteiger partial charge is 0.496 e. The SMILES string of the molecule is COc1ccccc1-c1nn(CN2CCC(C(=O)NC(C)C(C)C)CC2)c(=S)o1. The monoisotopic (exact) mass is 418 g/mol. The summed E-state index contributed by atoms with van der Waals surface area (Å²) in [6, 6.07) is 7.76. The first-order chi connectivity index (χ1) is 13.9. The van der Waals surface area contributed by atoms with E-state index in [9.17, 15) is 4.79 Å². The minimum atomic E-state index is 0.0712. The molecule has 0 spiro atoms. The first-order valence-corrected chi connectivity index (χ1v) is 10.5. The van der Waals surface area contributed by atoms with Gasteiger partial charge in [-0.2, -0.15) is 0 Å². The molecule has 7 nitrogen and oxygen atoms in total. The quantitative estimate of drug-likeness (QED) is 0.691. The summed E-state index contributed by atoms with van der Waals surface area (Å²) in [5.74, 6) is 1.82. The zero-order valence-electron chi connectivity index (χ0n) is 17.6. The fourth-order valence-corrected chi connectivity index (χ4v) is 3.54. The van der Waals surface area contributed by atoms with Crippen LogP contribution in [-0.4, -0.2) is 46.8 Å². The summed E-state index contributed by atoms with van der Waals surface area (Å²) >= 11 is 5.36. The highest BCUT2D eigenvalue weighted by atomic mass is 32.1. The summed E-state index contributed by atoms with van der Waals surface area (Å²) in [7, 11) is 1.62. The minimum absolute atomic E-state index is 0.0712. The van der Waals surface area contributed by atoms with E-state index < -0.39 is 0 Å². The number of piperidine rings is 1. The Labute approximate surface area is 177 Å². The van der Waals surface area contributed by atoms with Crippen LogP contribution < -0.4 is 10.1 Å². The van der Waals surface area contributed by atoms with Gasteiger partial charge >= 0.3 is 0 Å². The Morgan fingerprint density at radius 2 is 2.00 bits per heavy atom. The van der Waals surface area contributed by atoms with Gasteiger partial charge in [-0.3, -0.25) is 9.69 Å². The van der Waals surface area contributed by atoms with Crippen LogP contribution in [0.15, 0.2) is 28.7 Å². The molecule has 158 valence electrons. The van der Waals surface area contributed by atoms with Crippen LogP contribution in [0, 0.1) is 16.7 Å². The number of benzene rings is 1. The van der Waals surface area contributed by atoms with E-state index in [0.717, 1.165) is 31.5 Å². The van der Waals surface area contributed by atoms with E-state index in [2.05, 4.69) is 36.1 Å². The van der Waals surface area contributed by atoms with Crippen molar-refractivity contribution in [1.82, 2.24) is 20.0 Å². The molecule has 0 saturated carbocycles. The number of nitrogens with one attached hydrogen (secondary N) is 1. The average molecular weight is 419 g/mol. The predicted molar refractivity (Wildman–Crippen MR) is 114 cm³/mol. The van der Waals surface area contributed by atoms with E-state index in [1.54, 1.807) is 11.8 Å². The zero-order valence-corrected chi connectivity index (χ0v) is 18.4. The van der Waals surface area contributed by atoms with Crippen LogP contribution in [0.1, 0.15) is 33.6 Å². The van der Waals surface area contributed by atoms with Crippen molar-refractivity contribution in [1.29, 1.82) is 0 Å². The van der Waals surface area contributed by atoms with Gasteiger partial charge in [0.05, 0.1) is 19.3 Å². The second-order valence-corrected chi connectivity index (χ2v) is 8.30. The molecule has 1 aliphatic heterocycles. The van der Waals surface area contributed by atoms with E-state index in [-0.39, 0.29) is 17.9 Å². The highest BCUT2D eigenvalue weighted by molar-refractivity contribution is 7.71. The molecule has 1 amide bonds. The van der Waals surface area contributed by atoms with Crippen molar-refractivity contribution in [2.45, 2.75) is 46.3 Å². The Morgan fingerprint density at radius 3 is 2.66 bits per heavy atom. The number of carbonyl (C=O) groups excluding carboxylic acids is 1. The number of hydrogen-bond acceptors (Lipinski definition) is 6. The summed E-state index contributed by atoms with van der Waals surface area (Å²) < 4.78 is 12.8. The summed E-state index contributed by atoms with van der Waals surface area (Å²) in [4.78, 5) is 15.0. The Hall–Kier alpha value is -2.19. The van der Waals surface area contributed by atoms with Gasteiger partial charge in [0.15, 0.2) is 0 Å². The maximum Gasteiger partial charge on any atom is 0.288 e. The van der Waals surface area contributed by atoms with E-state index in [4.69, 9.17) is 21.4 Å². The maximum atomic E-state index is 12.5. The molecule has 1 saturated heterocycles. The zero-order chi connectivity index (χ0) is 21.0. The molecule has 2 aromatic rings. The van der Waals surface area contributed by atoms with Gasteiger partial charge in [0, 0.05) is 25.0 Å². The number of rotatable bonds is 7. The van der Waals surface area contributed by atoms with Gasteiger partial charge in [-0.15, -0.1) is 5.10 Å². The molecule has 0 bridgehead atoms. The van der Waals surface area contributed by atoms with E-state index in [1.165, 1.54) is 0 Å². The molecular formula is C21H30N4O3S. The van der Waals surface area contributed by atoms with Crippen molar-refractivity contribution in [3.05, 3.63) is 29.1 Å². The maximum absolute atomic E-state index is 12.5. The normalized spacial score (nSPS) is 16.7. The van der Waals surface area contributed by atoms with Gasteiger partial charge in [-0.05, 0) is 50.0 Å². The lowest BCUT2D eigenvalue weighted by atomic mass is 9.95. The van der Waals surface area contributed by atoms with Gasteiger partial charge in [-0.25, -0.2) is 4.68 Å². The molecule has 8 heteroatoms. The standard InChI is InChI=1S/C21H30N4O3S/c1-14(2)15(3)22-19(26)16-9-11-24(12-10-16)13-25-21(29)28-20(23-25)17-7-5-6-8-18(17)27-4/h5-8,14-16H,9-13H2,1-4H3,(H,22,26). The Kier molecular flexibility index (Phi) is 7.08. The van der Waals surface area contributed by atoms with Crippen LogP contribution in [0.25, 0.3) is 11.5 Å². The summed E-state index contributed by atoms with van der Waals surface area (Å²) in [6.45, 7) is 8.50. The number of carbonyl (C=O) groups is 1. The second-order valence-electron chi connectivity index (χ2n) is 7.95. The van der Waals surface area contributed by atoms with Crippen molar-refractivity contribution in [3.8, 4) is 17.2 Å². The van der Waals surface area contributed by atoms with Gasteiger partial charge < -0.3 is 14.5 Å². The summed E-state index contributed by atoms with van der Waals surface area (Å²) in [5.41, 5.74) is 0.773. The Balaban J connectivity index is 1.59. The first kappa shape index (κ1) is 21.5. The van der Waals surface area contributed by atoms with Crippen molar-refractivity contribution in [3.63, 3.8) is 0 Å². The molecule has 1 fully saturated rings. The summed E-state index contributed by atoms with van der Waals surface area (Å²) in [6.07, 6.45) is 1.67. The third-order valence-corrected chi connectivity index (χ3v) is 5.90. The number of amides is 1. The molecule has 0 aliphatic carbocycles. The molecule has 29 heavy (non-hydrogen) atoms. The molecule has 0 radical (unpaired) electrons. The number of para-hydroxylation sites is 1. The highest BCUT2D eigenvalue weighted by Crippen LogP contribution is 2.28. The van der Waals surface area contributed by atoms with Crippen molar-refractivity contribution in [2.24, 2.45) is 11.8 Å². The molecule has 1 atom stereocenters. The lowest BCUT2D eigenvalue weighted by molar-refractivity contribution is -0.127. The van der Waals surface area contributed by atoms with E-state index >= 15 is 0 Å². The molecule has 1 N–H and O–H groups in total. The molecular weight excluding hydrogens is 388 g/mol. The average Bonchev–Trinajstić information content (AvgIpc) is 3.08. The van der Waals surface area contributed by atoms with Crippen LogP contribution in [0.3, 0.4) is 0 Å². The Morgan fingerprint density at radius 1 is 1.31 bits per heavy atom. The van der Waals surface area contributed by atoms with Crippen LogP contribution in [-0.2, 0) is 11.5 Å². The van der Waals surface area contributed by atoms with E-state index in [1.807, 2.05) is 24.3 Å². The number of likely N-dealkylation sites (tertiary alicyclic amines) is 1. The fraction of sp³-hybridized carbons (Fsp3) is 0.571. The van der Waals surface area contributed by atoms with E-state index in [0.29, 0.717) is 29.1 Å². The molecule has 2 heterocycles. The first-order valence-electron chi connectivity index (χ1n) is 10.1. The Bertz CT molecular complexity index is 884. The second kappa shape index (κ2) is 9.54. The highest BCUT2D eigenvalue weighted by Gasteiger charge is 2.27. The molecule has 3 rings (SSSR count). The number of nitrogens with zero attached hydrogens (tertiary/aromatic N) is 3. The predicted octanol–water partition coefficient (Wildman–Crippen LogP) is 3.71. The lowest BCUT2D eigenvalue weighted by Crippen LogP contribution is -2.44. The molecule has 1 aliphatic rings. The van der Waals surface area contributed by atoms with Crippen molar-refractivity contribution in [2.75, 3.05) is 20.2 Å². The summed E-state index contributed by atoms with van der Waals surface area (Å²) in [5, 5.41) is 7.68. The van der Waals surface area contributed by atoms with Crippen LogP contribution >= 0.6 is 12.2 Å². The number of methoxy groups -OCH3 is 1. The number of ether oxygens (including phenoxy) is 1. The third-order valence-electron chi connectivity index (χ3n) is 5.61. The fourth-order valence-electron chi connectivity index (χ4n) is 3.36.